The summed E-state index contributed by atoms with van der Waals surface area (Å²) < 4.78 is 18.8. The van der Waals surface area contributed by atoms with Crippen LogP contribution in [0.2, 0.25) is 0 Å². The quantitative estimate of drug-likeness (QED) is 0.568. The summed E-state index contributed by atoms with van der Waals surface area (Å²) in [7, 11) is 1.64. The minimum absolute atomic E-state index is 0.00979. The van der Waals surface area contributed by atoms with Gasteiger partial charge in [0.15, 0.2) is 5.78 Å². The van der Waals surface area contributed by atoms with Crippen LogP contribution in [-0.2, 0) is 4.79 Å². The molecule has 3 aromatic rings. The third-order valence-electron chi connectivity index (χ3n) is 6.08. The molecule has 156 valence electrons. The number of ether oxygens (including phenoxy) is 1. The first-order chi connectivity index (χ1) is 15.1. The van der Waals surface area contributed by atoms with Crippen LogP contribution in [0.3, 0.4) is 0 Å². The predicted octanol–water partition coefficient (Wildman–Crippen LogP) is 5.81. The average molecular weight is 414 g/mol. The highest BCUT2D eigenvalue weighted by atomic mass is 19.1. The maximum absolute atomic E-state index is 13.5. The normalized spacial score (nSPS) is 20.1. The Hall–Kier alpha value is -3.60. The number of hydrogen-bond acceptors (Lipinski definition) is 4. The smallest absolute Gasteiger partial charge is 0.163 e. The number of Topliss-reactive ketones (excluding diaryl/α,β-unsaturated/α-hetero) is 1. The number of rotatable bonds is 3. The van der Waals surface area contributed by atoms with Crippen molar-refractivity contribution in [1.82, 2.24) is 0 Å². The fraction of sp³-hybridized carbons (Fsp3) is 0.192. The number of allylic oxidation sites excluding steroid dienone is 1. The van der Waals surface area contributed by atoms with Crippen molar-refractivity contribution in [2.75, 3.05) is 17.7 Å². The monoisotopic (exact) mass is 414 g/mol. The molecular formula is C26H23FN2O2. The first-order valence-electron chi connectivity index (χ1n) is 10.4. The van der Waals surface area contributed by atoms with Crippen molar-refractivity contribution in [3.63, 3.8) is 0 Å². The largest absolute Gasteiger partial charge is 0.497 e. The van der Waals surface area contributed by atoms with Gasteiger partial charge in [-0.25, -0.2) is 4.39 Å². The number of nitrogens with one attached hydrogen (secondary N) is 2. The lowest BCUT2D eigenvalue weighted by Gasteiger charge is -2.30. The van der Waals surface area contributed by atoms with Gasteiger partial charge in [-0.2, -0.15) is 0 Å². The third-order valence-corrected chi connectivity index (χ3v) is 6.08. The van der Waals surface area contributed by atoms with E-state index in [0.717, 1.165) is 39.5 Å². The Bertz CT molecular complexity index is 1170. The Labute approximate surface area is 180 Å². The van der Waals surface area contributed by atoms with Crippen molar-refractivity contribution in [3.8, 4) is 5.75 Å². The molecule has 0 unspecified atom stereocenters. The molecule has 0 saturated carbocycles. The van der Waals surface area contributed by atoms with E-state index >= 15 is 0 Å². The van der Waals surface area contributed by atoms with Gasteiger partial charge in [0.1, 0.15) is 11.6 Å². The Morgan fingerprint density at radius 1 is 0.903 bits per heavy atom. The van der Waals surface area contributed by atoms with Crippen molar-refractivity contribution < 1.29 is 13.9 Å². The highest BCUT2D eigenvalue weighted by molar-refractivity contribution is 6.01. The molecule has 0 spiro atoms. The van der Waals surface area contributed by atoms with Crippen LogP contribution in [0.25, 0.3) is 0 Å². The molecule has 3 aromatic carbocycles. The van der Waals surface area contributed by atoms with Gasteiger partial charge < -0.3 is 15.4 Å². The number of carbonyl (C=O) groups is 1. The molecule has 1 heterocycles. The number of halogens is 1. The van der Waals surface area contributed by atoms with Crippen LogP contribution < -0.4 is 15.4 Å². The van der Waals surface area contributed by atoms with E-state index in [1.807, 2.05) is 48.5 Å². The maximum atomic E-state index is 13.5. The molecule has 5 rings (SSSR count). The molecule has 0 saturated heterocycles. The van der Waals surface area contributed by atoms with Crippen LogP contribution in [0.1, 0.15) is 35.9 Å². The lowest BCUT2D eigenvalue weighted by atomic mass is 9.78. The molecule has 0 bridgehead atoms. The molecular weight excluding hydrogens is 391 g/mol. The van der Waals surface area contributed by atoms with Gasteiger partial charge in [-0.1, -0.05) is 36.4 Å². The minimum atomic E-state index is -0.289. The molecule has 1 aliphatic carbocycles. The molecule has 4 nitrogen and oxygen atoms in total. The molecule has 0 radical (unpaired) electrons. The Morgan fingerprint density at radius 2 is 1.68 bits per heavy atom. The summed E-state index contributed by atoms with van der Waals surface area (Å²) in [5, 5.41) is 7.09. The molecule has 2 aliphatic rings. The highest BCUT2D eigenvalue weighted by Gasteiger charge is 2.36. The summed E-state index contributed by atoms with van der Waals surface area (Å²) in [5.41, 5.74) is 5.49. The number of benzene rings is 3. The van der Waals surface area contributed by atoms with Crippen molar-refractivity contribution in [1.29, 1.82) is 0 Å². The lowest BCUT2D eigenvalue weighted by molar-refractivity contribution is -0.116. The molecule has 31 heavy (non-hydrogen) atoms. The molecule has 0 fully saturated rings. The number of hydrogen-bond donors (Lipinski definition) is 2. The second kappa shape index (κ2) is 7.91. The van der Waals surface area contributed by atoms with Crippen LogP contribution in [0.5, 0.6) is 5.75 Å². The van der Waals surface area contributed by atoms with Gasteiger partial charge in [0.2, 0.25) is 0 Å². The van der Waals surface area contributed by atoms with Crippen LogP contribution in [0, 0.1) is 5.82 Å². The fourth-order valence-electron chi connectivity index (χ4n) is 4.53. The second-order valence-electron chi connectivity index (χ2n) is 8.00. The fourth-order valence-corrected chi connectivity index (χ4v) is 4.53. The highest BCUT2D eigenvalue weighted by Crippen LogP contribution is 2.44. The number of carbonyl (C=O) groups excluding carboxylic acids is 1. The van der Waals surface area contributed by atoms with Gasteiger partial charge in [-0.05, 0) is 59.9 Å². The summed E-state index contributed by atoms with van der Waals surface area (Å²) in [6.07, 6.45) is 1.08. The van der Waals surface area contributed by atoms with E-state index < -0.39 is 0 Å². The predicted molar refractivity (Wildman–Crippen MR) is 120 cm³/mol. The van der Waals surface area contributed by atoms with Crippen LogP contribution in [0.4, 0.5) is 15.8 Å². The van der Waals surface area contributed by atoms with Crippen LogP contribution in [0.15, 0.2) is 84.1 Å². The summed E-state index contributed by atoms with van der Waals surface area (Å²) in [6, 6.07) is 22.0. The third kappa shape index (κ3) is 3.67. The van der Waals surface area contributed by atoms with Gasteiger partial charge in [-0.15, -0.1) is 0 Å². The second-order valence-corrected chi connectivity index (χ2v) is 8.00. The maximum Gasteiger partial charge on any atom is 0.163 e. The van der Waals surface area contributed by atoms with Gasteiger partial charge in [0.25, 0.3) is 0 Å². The standard InChI is InChI=1S/C26H23FN2O2/c1-31-20-6-4-5-17(13-20)26-25-23(28-21-7-2-3-8-22(21)29-26)14-18(15-24(25)30)16-9-11-19(27)12-10-16/h2-13,18,26,28-29H,14-15H2,1H3/t18-,26+/m1/s1. The Balaban J connectivity index is 1.60. The topological polar surface area (TPSA) is 50.4 Å². The minimum Gasteiger partial charge on any atom is -0.497 e. The van der Waals surface area contributed by atoms with E-state index in [4.69, 9.17) is 4.74 Å². The summed E-state index contributed by atoms with van der Waals surface area (Å²) in [6.45, 7) is 0. The van der Waals surface area contributed by atoms with Gasteiger partial charge in [0, 0.05) is 17.7 Å². The van der Waals surface area contributed by atoms with E-state index in [9.17, 15) is 9.18 Å². The summed E-state index contributed by atoms with van der Waals surface area (Å²) in [5.74, 6) is 0.584. The van der Waals surface area contributed by atoms with Crippen LogP contribution in [-0.4, -0.2) is 12.9 Å². The average Bonchev–Trinajstić information content (AvgIpc) is 2.96. The van der Waals surface area contributed by atoms with Gasteiger partial charge in [-0.3, -0.25) is 4.79 Å². The molecule has 0 amide bonds. The lowest BCUT2D eigenvalue weighted by Crippen LogP contribution is -2.26. The van der Waals surface area contributed by atoms with Crippen molar-refractivity contribution >= 4 is 17.2 Å². The number of anilines is 2. The van der Waals surface area contributed by atoms with E-state index in [2.05, 4.69) is 10.6 Å². The number of fused-ring (bicyclic) bond motifs is 1. The zero-order valence-corrected chi connectivity index (χ0v) is 17.2. The zero-order chi connectivity index (χ0) is 21.4. The van der Waals surface area contributed by atoms with Crippen molar-refractivity contribution in [3.05, 3.63) is 101 Å². The van der Waals surface area contributed by atoms with E-state index in [1.54, 1.807) is 19.2 Å². The van der Waals surface area contributed by atoms with E-state index in [1.165, 1.54) is 12.1 Å². The number of methoxy groups -OCH3 is 1. The Morgan fingerprint density at radius 3 is 2.45 bits per heavy atom. The SMILES string of the molecule is COc1cccc([C@@H]2Nc3ccccc3NC3=C2C(=O)C[C@H](c2ccc(F)cc2)C3)c1. The zero-order valence-electron chi connectivity index (χ0n) is 17.2. The summed E-state index contributed by atoms with van der Waals surface area (Å²) >= 11 is 0. The van der Waals surface area contributed by atoms with Crippen molar-refractivity contribution in [2.45, 2.75) is 24.8 Å². The molecule has 1 aliphatic heterocycles. The Kier molecular flexibility index (Phi) is 4.94. The van der Waals surface area contributed by atoms with Gasteiger partial charge in [0.05, 0.1) is 24.5 Å². The molecule has 5 heteroatoms. The van der Waals surface area contributed by atoms with E-state index in [0.29, 0.717) is 12.8 Å². The molecule has 0 aromatic heterocycles. The van der Waals surface area contributed by atoms with Crippen molar-refractivity contribution in [2.24, 2.45) is 0 Å². The van der Waals surface area contributed by atoms with Gasteiger partial charge >= 0.3 is 0 Å². The molecule has 2 atom stereocenters. The molecule has 2 N–H and O–H groups in total. The first kappa shape index (κ1) is 19.4. The van der Waals surface area contributed by atoms with Crippen LogP contribution >= 0.6 is 0 Å². The number of ketones is 1. The first-order valence-corrected chi connectivity index (χ1v) is 10.4. The summed E-state index contributed by atoms with van der Waals surface area (Å²) in [4.78, 5) is 13.5. The number of para-hydroxylation sites is 2. The van der Waals surface area contributed by atoms with E-state index in [-0.39, 0.29) is 23.6 Å².